The molecule has 0 aromatic heterocycles. The van der Waals surface area contributed by atoms with Gasteiger partial charge in [0, 0.05) is 37.3 Å². The molecule has 0 aromatic rings. The Bertz CT molecular complexity index is 1200. The second-order valence-electron chi connectivity index (χ2n) is 16.6. The highest BCUT2D eigenvalue weighted by Gasteiger charge is 2.53. The van der Waals surface area contributed by atoms with Crippen molar-refractivity contribution in [3.8, 4) is 0 Å². The van der Waals surface area contributed by atoms with E-state index in [1.165, 1.54) is 14.0 Å². The highest BCUT2D eigenvalue weighted by Crippen LogP contribution is 2.41. The number of methoxy groups -OCH3 is 1. The summed E-state index contributed by atoms with van der Waals surface area (Å²) in [6.45, 7) is 16.6. The molecule has 15 nitrogen and oxygen atoms in total. The maximum atomic E-state index is 14.1. The molecule has 0 spiro atoms. The summed E-state index contributed by atoms with van der Waals surface area (Å²) in [6.07, 6.45) is -9.51. The molecule has 0 amide bonds. The number of carbonyl (C=O) groups is 1. The molecule has 0 radical (unpaired) electrons. The zero-order valence-electron chi connectivity index (χ0n) is 33.4. The zero-order chi connectivity index (χ0) is 39.7. The molecule has 3 aliphatic heterocycles. The fourth-order valence-electron chi connectivity index (χ4n) is 8.61. The van der Waals surface area contributed by atoms with Crippen molar-refractivity contribution in [2.75, 3.05) is 21.2 Å². The number of aliphatic hydroxyl groups excluding tert-OH is 3. The molecular formula is C37H68N2O13. The number of oxime groups is 1. The van der Waals surface area contributed by atoms with Crippen LogP contribution in [0.15, 0.2) is 5.16 Å². The predicted octanol–water partition coefficient (Wildman–Crippen LogP) is 2.05. The van der Waals surface area contributed by atoms with Crippen molar-refractivity contribution >= 4 is 11.7 Å². The van der Waals surface area contributed by atoms with E-state index in [4.69, 9.17) is 28.4 Å². The summed E-state index contributed by atoms with van der Waals surface area (Å²) in [5.41, 5.74) is -4.68. The van der Waals surface area contributed by atoms with Crippen LogP contribution in [0.25, 0.3) is 0 Å². The van der Waals surface area contributed by atoms with Crippen LogP contribution in [0, 0.1) is 23.7 Å². The van der Waals surface area contributed by atoms with Crippen LogP contribution in [0.5, 0.6) is 0 Å². The van der Waals surface area contributed by atoms with E-state index >= 15 is 0 Å². The summed E-state index contributed by atoms with van der Waals surface area (Å²) in [7, 11) is 5.19. The van der Waals surface area contributed by atoms with Crippen LogP contribution in [0.1, 0.15) is 94.9 Å². The summed E-state index contributed by atoms with van der Waals surface area (Å²) in [6, 6.07) is -0.322. The van der Waals surface area contributed by atoms with Crippen LogP contribution in [-0.2, 0) is 33.2 Å². The van der Waals surface area contributed by atoms with Crippen LogP contribution < -0.4 is 0 Å². The lowest BCUT2D eigenvalue weighted by atomic mass is 9.73. The minimum Gasteiger partial charge on any atom is -0.459 e. The van der Waals surface area contributed by atoms with Crippen molar-refractivity contribution < 1.29 is 64.0 Å². The summed E-state index contributed by atoms with van der Waals surface area (Å²) < 4.78 is 37.2. The molecule has 15 heteroatoms. The smallest absolute Gasteiger partial charge is 0.311 e. The molecule has 0 aromatic carbocycles. The molecule has 3 rings (SSSR count). The molecule has 0 aliphatic carbocycles. The Labute approximate surface area is 309 Å². The Balaban J connectivity index is 2.21. The SMILES string of the molecule is CCC1OC(=O)[C@H](C)[C@@H](OC2C[C@@](C)(OC)[C@@H](O)[C@H](C)O2)[C@H](C)[C@@H](OC2O[C@H](C)C[C@H](N(C)C)[C@H]2O)[C@](C)(O)C[C@@H](C)/C(=N/O)[C@H](C)[C@@H](O)[C@]1(C)O. The van der Waals surface area contributed by atoms with Gasteiger partial charge in [-0.05, 0) is 74.9 Å². The maximum absolute atomic E-state index is 14.1. The van der Waals surface area contributed by atoms with Gasteiger partial charge in [-0.25, -0.2) is 0 Å². The number of nitrogens with zero attached hydrogens (tertiary/aromatic N) is 2. The minimum atomic E-state index is -1.97. The Hall–Kier alpha value is -1.50. The fourth-order valence-corrected chi connectivity index (χ4v) is 8.61. The fraction of sp³-hybridized carbons (Fsp3) is 0.946. The van der Waals surface area contributed by atoms with Gasteiger partial charge in [0.25, 0.3) is 0 Å². The van der Waals surface area contributed by atoms with Gasteiger partial charge in [0.05, 0.1) is 53.4 Å². The molecule has 0 saturated carbocycles. The molecule has 52 heavy (non-hydrogen) atoms. The first-order valence-electron chi connectivity index (χ1n) is 18.7. The second kappa shape index (κ2) is 17.5. The first kappa shape index (κ1) is 44.9. The largest absolute Gasteiger partial charge is 0.459 e. The maximum Gasteiger partial charge on any atom is 0.311 e. The van der Waals surface area contributed by atoms with Crippen molar-refractivity contribution in [1.82, 2.24) is 4.90 Å². The van der Waals surface area contributed by atoms with E-state index in [0.717, 1.165) is 0 Å². The third-order valence-electron chi connectivity index (χ3n) is 12.0. The standard InChI is InChI=1S/C37H68N2O13/c1-14-25-37(10,45)30(41)20(4)27(38-46)18(2)16-35(8,44)32(52-34-28(40)24(39(11)12)15-19(3)48-34)21(5)29(22(6)33(43)50-25)51-26-17-36(9,47-13)31(42)23(7)49-26/h18-26,28-32,34,40-42,44-46H,14-17H2,1-13H3/b38-27-/t18-,19-,20+,21+,22-,23+,24+,25?,26?,28-,29+,30-,31+,32-,34?,35-,36-,37-/m1/s1. The van der Waals surface area contributed by atoms with Crippen LogP contribution in [0.2, 0.25) is 0 Å². The Morgan fingerprint density at radius 3 is 2.08 bits per heavy atom. The van der Waals surface area contributed by atoms with Crippen LogP contribution >= 0.6 is 0 Å². The number of carbonyl (C=O) groups excluding carboxylic acids is 1. The van der Waals surface area contributed by atoms with E-state index in [9.17, 15) is 35.5 Å². The van der Waals surface area contributed by atoms with Crippen molar-refractivity contribution in [3.63, 3.8) is 0 Å². The van der Waals surface area contributed by atoms with E-state index in [-0.39, 0.29) is 37.1 Å². The first-order chi connectivity index (χ1) is 24.0. The third-order valence-corrected chi connectivity index (χ3v) is 12.0. The van der Waals surface area contributed by atoms with E-state index < -0.39 is 102 Å². The van der Waals surface area contributed by atoms with Gasteiger partial charge in [0.1, 0.15) is 23.9 Å². The van der Waals surface area contributed by atoms with Crippen LogP contribution in [0.4, 0.5) is 0 Å². The number of hydrogen-bond acceptors (Lipinski definition) is 15. The summed E-state index contributed by atoms with van der Waals surface area (Å²) in [4.78, 5) is 16.0. The number of cyclic esters (lactones) is 1. The van der Waals surface area contributed by atoms with Crippen molar-refractivity contribution in [2.24, 2.45) is 28.8 Å². The lowest BCUT2D eigenvalue weighted by molar-refractivity contribution is -0.317. The summed E-state index contributed by atoms with van der Waals surface area (Å²) in [5, 5.41) is 71.8. The molecule has 304 valence electrons. The first-order valence-corrected chi connectivity index (χ1v) is 18.7. The lowest BCUT2D eigenvalue weighted by Crippen LogP contribution is -2.61. The number of rotatable bonds is 7. The van der Waals surface area contributed by atoms with Gasteiger partial charge in [-0.15, -0.1) is 0 Å². The van der Waals surface area contributed by atoms with Gasteiger partial charge < -0.3 is 64.1 Å². The third kappa shape index (κ3) is 9.47. The quantitative estimate of drug-likeness (QED) is 0.125. The Morgan fingerprint density at radius 2 is 1.54 bits per heavy atom. The van der Waals surface area contributed by atoms with Crippen LogP contribution in [0.3, 0.4) is 0 Å². The summed E-state index contributed by atoms with van der Waals surface area (Å²) in [5.74, 6) is -4.24. The highest BCUT2D eigenvalue weighted by atomic mass is 16.7. The van der Waals surface area contributed by atoms with E-state index in [0.29, 0.717) is 6.42 Å². The molecule has 3 unspecified atom stereocenters. The average molecular weight is 749 g/mol. The number of hydrogen-bond donors (Lipinski definition) is 6. The van der Waals surface area contributed by atoms with E-state index in [2.05, 4.69) is 5.16 Å². The van der Waals surface area contributed by atoms with Gasteiger partial charge in [-0.2, -0.15) is 0 Å². The monoisotopic (exact) mass is 748 g/mol. The number of esters is 1. The van der Waals surface area contributed by atoms with E-state index in [1.54, 1.807) is 55.4 Å². The van der Waals surface area contributed by atoms with Gasteiger partial charge in [0.15, 0.2) is 12.6 Å². The van der Waals surface area contributed by atoms with Crippen LogP contribution in [-0.4, -0.2) is 153 Å². The van der Waals surface area contributed by atoms with Gasteiger partial charge in [-0.1, -0.05) is 32.9 Å². The normalized spacial score (nSPS) is 49.8. The Morgan fingerprint density at radius 1 is 0.923 bits per heavy atom. The van der Waals surface area contributed by atoms with Crippen molar-refractivity contribution in [3.05, 3.63) is 0 Å². The topological polar surface area (TPSA) is 209 Å². The molecule has 6 N–H and O–H groups in total. The number of ether oxygens (including phenoxy) is 6. The minimum absolute atomic E-state index is 0.0657. The average Bonchev–Trinajstić information content (AvgIpc) is 3.06. The highest BCUT2D eigenvalue weighted by molar-refractivity contribution is 5.88. The lowest BCUT2D eigenvalue weighted by Gasteiger charge is -2.49. The number of likely N-dealkylation sites (N-methyl/N-ethyl adjacent to an activating group) is 1. The predicted molar refractivity (Wildman–Crippen MR) is 190 cm³/mol. The molecule has 3 fully saturated rings. The molecule has 3 heterocycles. The van der Waals surface area contributed by atoms with Gasteiger partial charge in [-0.3, -0.25) is 4.79 Å². The van der Waals surface area contributed by atoms with Crippen molar-refractivity contribution in [1.29, 1.82) is 0 Å². The molecular weight excluding hydrogens is 680 g/mol. The number of aliphatic hydroxyl groups is 5. The van der Waals surface area contributed by atoms with Crippen molar-refractivity contribution in [2.45, 2.75) is 179 Å². The van der Waals surface area contributed by atoms with Gasteiger partial charge >= 0.3 is 5.97 Å². The summed E-state index contributed by atoms with van der Waals surface area (Å²) >= 11 is 0. The van der Waals surface area contributed by atoms with E-state index in [1.807, 2.05) is 25.9 Å². The molecule has 3 saturated heterocycles. The molecule has 0 bridgehead atoms. The molecule has 18 atom stereocenters. The molecule has 3 aliphatic rings. The zero-order valence-corrected chi connectivity index (χ0v) is 33.4. The Kier molecular flexibility index (Phi) is 15.1. The van der Waals surface area contributed by atoms with Gasteiger partial charge in [0.2, 0.25) is 0 Å². The second-order valence-corrected chi connectivity index (χ2v) is 16.6.